The first-order chi connectivity index (χ1) is 10.6. The zero-order chi connectivity index (χ0) is 15.9. The average Bonchev–Trinajstić information content (AvgIpc) is 2.55. The minimum absolute atomic E-state index is 0.0222. The van der Waals surface area contributed by atoms with Gasteiger partial charge in [-0.2, -0.15) is 0 Å². The van der Waals surface area contributed by atoms with Gasteiger partial charge in [0.15, 0.2) is 0 Å². The summed E-state index contributed by atoms with van der Waals surface area (Å²) in [5.74, 6) is -0.0222. The van der Waals surface area contributed by atoms with Crippen molar-refractivity contribution in [1.82, 2.24) is 4.90 Å². The van der Waals surface area contributed by atoms with Gasteiger partial charge >= 0.3 is 0 Å². The molecule has 0 heterocycles. The highest BCUT2D eigenvalue weighted by Gasteiger charge is 2.12. The lowest BCUT2D eigenvalue weighted by Gasteiger charge is -2.18. The third kappa shape index (κ3) is 4.18. The number of oxime groups is 1. The topological polar surface area (TPSA) is 41.9 Å². The lowest BCUT2D eigenvalue weighted by molar-refractivity contribution is 0.0785. The van der Waals surface area contributed by atoms with Crippen LogP contribution in [0.4, 0.5) is 0 Å². The van der Waals surface area contributed by atoms with Crippen LogP contribution in [0, 0.1) is 0 Å². The van der Waals surface area contributed by atoms with Crippen LogP contribution in [-0.2, 0) is 11.4 Å². The van der Waals surface area contributed by atoms with E-state index in [2.05, 4.69) is 25.9 Å². The van der Waals surface area contributed by atoms with E-state index in [1.807, 2.05) is 36.4 Å². The molecule has 1 amide bonds. The molecule has 0 radical (unpaired) electrons. The summed E-state index contributed by atoms with van der Waals surface area (Å²) in [5, 5.41) is 3.69. The van der Waals surface area contributed by atoms with Gasteiger partial charge in [-0.05, 0) is 29.3 Å². The number of rotatable bonds is 5. The molecule has 114 valence electrons. The predicted octanol–water partition coefficient (Wildman–Crippen LogP) is 3.70. The third-order valence-electron chi connectivity index (χ3n) is 3.18. The summed E-state index contributed by atoms with van der Waals surface area (Å²) in [6, 6.07) is 15.1. The zero-order valence-electron chi connectivity index (χ0n) is 12.5. The van der Waals surface area contributed by atoms with E-state index in [0.717, 1.165) is 15.6 Å². The Balaban J connectivity index is 2.07. The van der Waals surface area contributed by atoms with E-state index in [0.29, 0.717) is 12.1 Å². The molecule has 2 aromatic rings. The quantitative estimate of drug-likeness (QED) is 0.602. The van der Waals surface area contributed by atoms with Crippen molar-refractivity contribution < 1.29 is 9.63 Å². The van der Waals surface area contributed by atoms with Gasteiger partial charge in [0.25, 0.3) is 5.91 Å². The number of halogens is 1. The highest BCUT2D eigenvalue weighted by atomic mass is 79.9. The Kier molecular flexibility index (Phi) is 5.72. The monoisotopic (exact) mass is 360 g/mol. The van der Waals surface area contributed by atoms with E-state index >= 15 is 0 Å². The molecule has 2 rings (SSSR count). The molecule has 0 atom stereocenters. The second-order valence-electron chi connectivity index (χ2n) is 4.79. The maximum atomic E-state index is 12.4. The van der Waals surface area contributed by atoms with Crippen molar-refractivity contribution in [1.29, 1.82) is 0 Å². The molecule has 0 unspecified atom stereocenters. The van der Waals surface area contributed by atoms with Gasteiger partial charge in [-0.15, -0.1) is 0 Å². The molecule has 0 spiro atoms. The van der Waals surface area contributed by atoms with Gasteiger partial charge < -0.3 is 9.74 Å². The largest absolute Gasteiger partial charge is 0.399 e. The van der Waals surface area contributed by atoms with E-state index in [9.17, 15) is 4.79 Å². The van der Waals surface area contributed by atoms with Crippen LogP contribution in [0.15, 0.2) is 58.2 Å². The van der Waals surface area contributed by atoms with Gasteiger partial charge in [0.05, 0.1) is 6.21 Å². The average molecular weight is 361 g/mol. The lowest BCUT2D eigenvalue weighted by Crippen LogP contribution is -2.26. The Morgan fingerprint density at radius 3 is 2.55 bits per heavy atom. The molecule has 0 fully saturated rings. The van der Waals surface area contributed by atoms with E-state index in [1.165, 1.54) is 7.11 Å². The van der Waals surface area contributed by atoms with Gasteiger partial charge in [-0.25, -0.2) is 0 Å². The molecule has 0 N–H and O–H groups in total. The summed E-state index contributed by atoms with van der Waals surface area (Å²) in [6.45, 7) is 0.549. The van der Waals surface area contributed by atoms with Crippen molar-refractivity contribution in [2.75, 3.05) is 14.2 Å². The maximum Gasteiger partial charge on any atom is 0.253 e. The summed E-state index contributed by atoms with van der Waals surface area (Å²) < 4.78 is 1.00. The fourth-order valence-corrected chi connectivity index (χ4v) is 2.41. The zero-order valence-corrected chi connectivity index (χ0v) is 14.1. The first kappa shape index (κ1) is 16.2. The molecule has 0 aliphatic rings. The fourth-order valence-electron chi connectivity index (χ4n) is 2.00. The second kappa shape index (κ2) is 7.75. The minimum Gasteiger partial charge on any atom is -0.399 e. The van der Waals surface area contributed by atoms with Crippen molar-refractivity contribution in [3.63, 3.8) is 0 Å². The van der Waals surface area contributed by atoms with Crippen LogP contribution in [-0.4, -0.2) is 31.2 Å². The Morgan fingerprint density at radius 1 is 1.23 bits per heavy atom. The molecule has 0 aromatic heterocycles. The van der Waals surface area contributed by atoms with E-state index in [1.54, 1.807) is 30.3 Å². The normalized spacial score (nSPS) is 10.7. The molecular formula is C17H17BrN2O2. The van der Waals surface area contributed by atoms with Crippen molar-refractivity contribution in [3.8, 4) is 0 Å². The molecular weight excluding hydrogens is 344 g/mol. The first-order valence-electron chi connectivity index (χ1n) is 6.77. The lowest BCUT2D eigenvalue weighted by atomic mass is 10.1. The van der Waals surface area contributed by atoms with Gasteiger partial charge in [0.1, 0.15) is 7.11 Å². The smallest absolute Gasteiger partial charge is 0.253 e. The molecule has 0 aliphatic heterocycles. The Morgan fingerprint density at radius 2 is 1.91 bits per heavy atom. The number of carbonyl (C=O) groups excluding carboxylic acids is 1. The van der Waals surface area contributed by atoms with Gasteiger partial charge in [-0.3, -0.25) is 4.79 Å². The van der Waals surface area contributed by atoms with Crippen molar-refractivity contribution in [3.05, 3.63) is 69.7 Å². The van der Waals surface area contributed by atoms with Gasteiger partial charge in [0.2, 0.25) is 0 Å². The SMILES string of the molecule is CO/N=C/c1ccc(C(=O)N(C)Cc2ccccc2Br)cc1. The number of benzene rings is 2. The number of hydrogen-bond acceptors (Lipinski definition) is 3. The summed E-state index contributed by atoms with van der Waals surface area (Å²) >= 11 is 3.50. The van der Waals surface area contributed by atoms with E-state index in [4.69, 9.17) is 0 Å². The van der Waals surface area contributed by atoms with Crippen LogP contribution in [0.2, 0.25) is 0 Å². The Hall–Kier alpha value is -2.14. The summed E-state index contributed by atoms with van der Waals surface area (Å²) in [5.41, 5.74) is 2.60. The highest BCUT2D eigenvalue weighted by Crippen LogP contribution is 2.18. The number of carbonyl (C=O) groups is 1. The molecule has 2 aromatic carbocycles. The number of amides is 1. The van der Waals surface area contributed by atoms with E-state index in [-0.39, 0.29) is 5.91 Å². The number of hydrogen-bond donors (Lipinski definition) is 0. The molecule has 4 nitrogen and oxygen atoms in total. The van der Waals surface area contributed by atoms with Crippen LogP contribution >= 0.6 is 15.9 Å². The van der Waals surface area contributed by atoms with Gasteiger partial charge in [0, 0.05) is 23.6 Å². The molecule has 5 heteroatoms. The molecule has 0 saturated heterocycles. The van der Waals surface area contributed by atoms with Crippen molar-refractivity contribution in [2.45, 2.75) is 6.54 Å². The van der Waals surface area contributed by atoms with Crippen LogP contribution in [0.5, 0.6) is 0 Å². The summed E-state index contributed by atoms with van der Waals surface area (Å²) in [6.07, 6.45) is 1.60. The van der Waals surface area contributed by atoms with Gasteiger partial charge in [-0.1, -0.05) is 51.4 Å². The third-order valence-corrected chi connectivity index (χ3v) is 3.95. The standard InChI is InChI=1S/C17H17BrN2O2/c1-20(12-15-5-3-4-6-16(15)18)17(21)14-9-7-13(8-10-14)11-19-22-2/h3-11H,12H2,1-2H3/b19-11+. The first-order valence-corrected chi connectivity index (χ1v) is 7.56. The van der Waals surface area contributed by atoms with Crippen molar-refractivity contribution in [2.24, 2.45) is 5.16 Å². The Labute approximate surface area is 138 Å². The van der Waals surface area contributed by atoms with Crippen LogP contribution < -0.4 is 0 Å². The molecule has 22 heavy (non-hydrogen) atoms. The van der Waals surface area contributed by atoms with Crippen LogP contribution in [0.3, 0.4) is 0 Å². The molecule has 0 saturated carbocycles. The minimum atomic E-state index is -0.0222. The number of nitrogens with zero attached hydrogens (tertiary/aromatic N) is 2. The van der Waals surface area contributed by atoms with E-state index < -0.39 is 0 Å². The van der Waals surface area contributed by atoms with Crippen LogP contribution in [0.1, 0.15) is 21.5 Å². The maximum absolute atomic E-state index is 12.4. The van der Waals surface area contributed by atoms with Crippen LogP contribution in [0.25, 0.3) is 0 Å². The predicted molar refractivity (Wildman–Crippen MR) is 91.0 cm³/mol. The Bertz CT molecular complexity index is 669. The summed E-state index contributed by atoms with van der Waals surface area (Å²) in [7, 11) is 3.28. The fraction of sp³-hybridized carbons (Fsp3) is 0.176. The van der Waals surface area contributed by atoms with Crippen molar-refractivity contribution >= 4 is 28.1 Å². The highest BCUT2D eigenvalue weighted by molar-refractivity contribution is 9.10. The second-order valence-corrected chi connectivity index (χ2v) is 5.65. The molecule has 0 bridgehead atoms. The summed E-state index contributed by atoms with van der Waals surface area (Å²) in [4.78, 5) is 18.8. The molecule has 0 aliphatic carbocycles.